The Hall–Kier alpha value is -0.155. The fraction of sp³-hybridized carbons (Fsp3) is 0.500. The molecule has 0 aliphatic carbocycles. The number of rotatable bonds is 2. The molecule has 0 atom stereocenters. The van der Waals surface area contributed by atoms with Gasteiger partial charge >= 0.3 is 159 Å². The number of carboxylic acids is 2. The van der Waals surface area contributed by atoms with E-state index in [2.05, 4.69) is 5.29 Å². The Bertz CT molecular complexity index is 532. The van der Waals surface area contributed by atoms with Crippen LogP contribution >= 0.6 is 0 Å². The zero-order valence-electron chi connectivity index (χ0n) is 13.9. The van der Waals surface area contributed by atoms with Crippen molar-refractivity contribution >= 4 is 23.9 Å². The number of carbonyl (C=O) groups is 4. The molecule has 0 N–H and O–H groups in total. The van der Waals surface area contributed by atoms with E-state index in [9.17, 15) is 62.3 Å². The minimum absolute atomic E-state index is 0. The molecular weight excluding hydrogens is 1050 g/mol. The zero-order chi connectivity index (χ0) is 24.4. The number of alkyl halides is 12. The van der Waals surface area contributed by atoms with Gasteiger partial charge in [-0.2, -0.15) is 26.3 Å². The summed E-state index contributed by atoms with van der Waals surface area (Å²) in [5.41, 5.74) is 0. The predicted octanol–water partition coefficient (Wildman–Crippen LogP) is -0.298. The Balaban J connectivity index is -0.000000119. The van der Waals surface area contributed by atoms with E-state index < -0.39 is 74.1 Å². The van der Waals surface area contributed by atoms with Crippen molar-refractivity contribution in [2.45, 2.75) is 24.7 Å². The molecule has 0 saturated carbocycles. The number of carbonyl (C=O) groups excluding carboxylic acids is 4. The Kier molecular flexibility index (Phi) is 21.8. The largest absolute Gasteiger partial charge is 2.00 e. The minimum atomic E-state index is -5.30. The van der Waals surface area contributed by atoms with E-state index in [1.165, 1.54) is 0 Å². The molecule has 0 bridgehead atoms. The van der Waals surface area contributed by atoms with Crippen molar-refractivity contribution in [2.75, 3.05) is 0 Å². The third-order valence-electron chi connectivity index (χ3n) is 1.31. The van der Waals surface area contributed by atoms with E-state index in [4.69, 9.17) is 19.8 Å². The Morgan fingerprint density at radius 2 is 0.677 bits per heavy atom. The second-order valence-corrected chi connectivity index (χ2v) is 6.71. The van der Waals surface area contributed by atoms with Crippen LogP contribution in [0, 0.1) is 0 Å². The summed E-state index contributed by atoms with van der Waals surface area (Å²) in [6.45, 7) is 0. The molecule has 0 aromatic carbocycles. The summed E-state index contributed by atoms with van der Waals surface area (Å²) in [5.74, 6) is -11.3. The van der Waals surface area contributed by atoms with Gasteiger partial charge in [0.1, 0.15) is 11.9 Å². The van der Waals surface area contributed by atoms with Gasteiger partial charge in [0.2, 0.25) is 0 Å². The first-order valence-corrected chi connectivity index (χ1v) is 9.97. The molecule has 0 heterocycles. The topological polar surface area (TPSA) is 133 Å². The molecule has 0 aromatic heterocycles. The van der Waals surface area contributed by atoms with Gasteiger partial charge in [-0.15, -0.1) is 0 Å². The summed E-state index contributed by atoms with van der Waals surface area (Å²) in [6, 6.07) is 0. The van der Waals surface area contributed by atoms with Gasteiger partial charge in [0.25, 0.3) is 0 Å². The number of aliphatic carboxylic acids is 2. The fourth-order valence-corrected chi connectivity index (χ4v) is 2.63. The van der Waals surface area contributed by atoms with Gasteiger partial charge in [-0.25, -0.2) is 0 Å². The smallest absolute Gasteiger partial charge is 2.00 e. The Morgan fingerprint density at radius 3 is 0.774 bits per heavy atom. The van der Waals surface area contributed by atoms with Gasteiger partial charge in [-0.1, -0.05) is 0 Å². The van der Waals surface area contributed by atoms with Crippen LogP contribution in [0.2, 0.25) is 0 Å². The van der Waals surface area contributed by atoms with E-state index in [0.717, 1.165) is 0 Å². The standard InChI is InChI=1S/4C2HF3O2.3Hg/c4*3-2(4,5)1(6)7;;;/h4*(H,6,7);;;/q;;;;3*+2/p-4. The monoisotopic (exact) mass is 1060 g/mol. The number of hydrogen-bond donors (Lipinski definition) is 0. The molecule has 168 valence electrons. The molecular formula is C8F12Hg3O8+2. The van der Waals surface area contributed by atoms with Gasteiger partial charge in [0, 0.05) is 0 Å². The molecule has 23 heteroatoms. The Morgan fingerprint density at radius 1 is 0.516 bits per heavy atom. The molecule has 0 aromatic rings. The first kappa shape index (κ1) is 41.1. The van der Waals surface area contributed by atoms with E-state index >= 15 is 0 Å². The summed E-state index contributed by atoms with van der Waals surface area (Å²) < 4.78 is 138. The van der Waals surface area contributed by atoms with Crippen molar-refractivity contribution in [3.8, 4) is 0 Å². The third kappa shape index (κ3) is 26.0. The normalized spacial score (nSPS) is 10.7. The maximum Gasteiger partial charge on any atom is 2.00 e. The quantitative estimate of drug-likeness (QED) is 0.273. The second kappa shape index (κ2) is 16.5. The summed E-state index contributed by atoms with van der Waals surface area (Å²) in [6.07, 6.45) is -21.0. The SMILES string of the molecule is O=C([O-])C(F)(F)F.O=C([O-])C(F)(F)F.O=C([O][Hg][O]C(=O)C(F)(F)F)C(F)(F)F.[Hg+2].[Hg+2]. The molecule has 8 nitrogen and oxygen atoms in total. The van der Waals surface area contributed by atoms with Crippen molar-refractivity contribution in [3.63, 3.8) is 0 Å². The van der Waals surface area contributed by atoms with Crippen LogP contribution in [0.5, 0.6) is 0 Å². The van der Waals surface area contributed by atoms with Crippen molar-refractivity contribution in [2.24, 2.45) is 0 Å². The van der Waals surface area contributed by atoms with E-state index in [-0.39, 0.29) is 55.3 Å². The molecule has 0 aliphatic rings. The van der Waals surface area contributed by atoms with E-state index in [1.54, 1.807) is 0 Å². The minimum Gasteiger partial charge on any atom is 2.00 e. The number of carboxylic acid groups (broad SMARTS) is 2. The molecule has 0 fully saturated rings. The van der Waals surface area contributed by atoms with Gasteiger partial charge in [-0.05, 0) is 0 Å². The molecule has 31 heavy (non-hydrogen) atoms. The summed E-state index contributed by atoms with van der Waals surface area (Å²) in [5, 5.41) is 17.6. The third-order valence-corrected chi connectivity index (χ3v) is 4.26. The van der Waals surface area contributed by atoms with Gasteiger partial charge < -0.3 is 19.8 Å². The maximum absolute atomic E-state index is 11.4. The van der Waals surface area contributed by atoms with Crippen LogP contribution in [0.4, 0.5) is 52.7 Å². The van der Waals surface area contributed by atoms with Crippen LogP contribution in [0.1, 0.15) is 0 Å². The van der Waals surface area contributed by atoms with Gasteiger partial charge in [0.05, 0.1) is 0 Å². The fourth-order valence-electron chi connectivity index (χ4n) is 0.300. The van der Waals surface area contributed by atoms with Crippen LogP contribution in [0.15, 0.2) is 0 Å². The van der Waals surface area contributed by atoms with Crippen molar-refractivity contribution in [1.29, 1.82) is 0 Å². The zero-order valence-corrected chi connectivity index (χ0v) is 30.4. The predicted molar refractivity (Wildman–Crippen MR) is 46.4 cm³/mol. The molecule has 0 amide bonds. The van der Waals surface area contributed by atoms with Crippen molar-refractivity contribution in [3.05, 3.63) is 0 Å². The van der Waals surface area contributed by atoms with Crippen LogP contribution in [-0.2, 0) is 105 Å². The maximum atomic E-state index is 11.4. The molecule has 0 aliphatic heterocycles. The number of halogens is 12. The number of hydrogen-bond acceptors (Lipinski definition) is 8. The van der Waals surface area contributed by atoms with Crippen LogP contribution in [0.3, 0.4) is 0 Å². The molecule has 0 rings (SSSR count). The van der Waals surface area contributed by atoms with Gasteiger partial charge in [-0.3, -0.25) is 0 Å². The van der Waals surface area contributed by atoms with E-state index in [0.29, 0.717) is 0 Å². The van der Waals surface area contributed by atoms with Gasteiger partial charge in [0.15, 0.2) is 0 Å². The van der Waals surface area contributed by atoms with Crippen LogP contribution in [0.25, 0.3) is 0 Å². The first-order chi connectivity index (χ1) is 12.4. The van der Waals surface area contributed by atoms with E-state index in [1.807, 2.05) is 0 Å². The molecule has 0 radical (unpaired) electrons. The molecule has 0 spiro atoms. The van der Waals surface area contributed by atoms with Crippen molar-refractivity contribution < 1.29 is 168 Å². The van der Waals surface area contributed by atoms with Crippen LogP contribution < -0.4 is 10.2 Å². The van der Waals surface area contributed by atoms with Crippen LogP contribution in [-0.4, -0.2) is 48.6 Å². The first-order valence-electron chi connectivity index (χ1n) is 5.48. The Labute approximate surface area is 215 Å². The summed E-state index contributed by atoms with van der Waals surface area (Å²) >= 11 is -3.72. The summed E-state index contributed by atoms with van der Waals surface area (Å²) in [7, 11) is 0. The summed E-state index contributed by atoms with van der Waals surface area (Å²) in [4.78, 5) is 37.4. The molecule has 0 saturated heterocycles. The average molecular weight is 1050 g/mol. The average Bonchev–Trinajstić information content (AvgIpc) is 2.44. The van der Waals surface area contributed by atoms with Crippen molar-refractivity contribution in [1.82, 2.24) is 0 Å². The second-order valence-electron chi connectivity index (χ2n) is 3.55. The molecule has 0 unspecified atom stereocenters.